The van der Waals surface area contributed by atoms with Crippen molar-refractivity contribution in [3.8, 4) is 5.75 Å². The molecule has 0 atom stereocenters. The molecule has 112 valence electrons. The van der Waals surface area contributed by atoms with Crippen molar-refractivity contribution < 1.29 is 9.90 Å². The van der Waals surface area contributed by atoms with Gasteiger partial charge in [-0.05, 0) is 42.8 Å². The van der Waals surface area contributed by atoms with Crippen LogP contribution >= 0.6 is 23.4 Å². The van der Waals surface area contributed by atoms with Crippen LogP contribution in [0.2, 0.25) is 5.02 Å². The fourth-order valence-corrected chi connectivity index (χ4v) is 3.17. The molecule has 0 bridgehead atoms. The average molecular weight is 333 g/mol. The predicted molar refractivity (Wildman–Crippen MR) is 90.5 cm³/mol. The number of anilines is 2. The average Bonchev–Trinajstić information content (AvgIpc) is 2.48. The summed E-state index contributed by atoms with van der Waals surface area (Å²) in [5.74, 6) is -0.117. The molecule has 0 unspecified atom stereocenters. The van der Waals surface area contributed by atoms with E-state index < -0.39 is 0 Å². The summed E-state index contributed by atoms with van der Waals surface area (Å²) in [4.78, 5) is 13.6. The van der Waals surface area contributed by atoms with Crippen LogP contribution in [0.1, 0.15) is 5.56 Å². The van der Waals surface area contributed by atoms with E-state index in [0.717, 1.165) is 16.1 Å². The number of phenols is 1. The Labute approximate surface area is 137 Å². The van der Waals surface area contributed by atoms with E-state index >= 15 is 0 Å². The van der Waals surface area contributed by atoms with Crippen LogP contribution in [-0.2, 0) is 4.79 Å². The molecule has 0 spiro atoms. The lowest BCUT2D eigenvalue weighted by Crippen LogP contribution is -2.18. The summed E-state index contributed by atoms with van der Waals surface area (Å²) in [6, 6.07) is 10.5. The first-order valence-corrected chi connectivity index (χ1v) is 7.77. The zero-order chi connectivity index (χ0) is 15.7. The summed E-state index contributed by atoms with van der Waals surface area (Å²) in [5, 5.41) is 16.0. The SMILES string of the molecule is Cc1ccc2c(c1)S/C(=C/Nc1cc(Cl)ccc1O)C(=O)N2. The molecular weight excluding hydrogens is 320 g/mol. The number of halogens is 1. The van der Waals surface area contributed by atoms with Crippen LogP contribution < -0.4 is 10.6 Å². The molecule has 1 aliphatic rings. The monoisotopic (exact) mass is 332 g/mol. The number of aromatic hydroxyl groups is 1. The highest BCUT2D eigenvalue weighted by atomic mass is 35.5. The second-order valence-corrected chi connectivity index (χ2v) is 6.39. The van der Waals surface area contributed by atoms with E-state index in [4.69, 9.17) is 11.6 Å². The molecule has 6 heteroatoms. The molecule has 0 aromatic heterocycles. The maximum absolute atomic E-state index is 12.1. The summed E-state index contributed by atoms with van der Waals surface area (Å²) < 4.78 is 0. The maximum Gasteiger partial charge on any atom is 0.263 e. The highest BCUT2D eigenvalue weighted by Crippen LogP contribution is 2.38. The van der Waals surface area contributed by atoms with Gasteiger partial charge in [-0.1, -0.05) is 29.4 Å². The molecule has 0 saturated carbocycles. The normalized spacial score (nSPS) is 15.4. The fraction of sp³-hybridized carbons (Fsp3) is 0.0625. The van der Waals surface area contributed by atoms with Gasteiger partial charge < -0.3 is 15.7 Å². The number of thioether (sulfide) groups is 1. The van der Waals surface area contributed by atoms with E-state index in [0.29, 0.717) is 15.6 Å². The Hall–Kier alpha value is -2.11. The molecular formula is C16H13ClN2O2S. The Morgan fingerprint density at radius 1 is 1.27 bits per heavy atom. The number of fused-ring (bicyclic) bond motifs is 1. The van der Waals surface area contributed by atoms with Crippen molar-refractivity contribution in [2.75, 3.05) is 10.6 Å². The molecule has 0 saturated heterocycles. The lowest BCUT2D eigenvalue weighted by atomic mass is 10.2. The third-order valence-corrected chi connectivity index (χ3v) is 4.46. The van der Waals surface area contributed by atoms with Crippen molar-refractivity contribution >= 4 is 40.6 Å². The predicted octanol–water partition coefficient (Wildman–Crippen LogP) is 4.35. The van der Waals surface area contributed by atoms with Crippen molar-refractivity contribution in [1.29, 1.82) is 0 Å². The van der Waals surface area contributed by atoms with Gasteiger partial charge >= 0.3 is 0 Å². The Balaban J connectivity index is 1.85. The van der Waals surface area contributed by atoms with Crippen LogP contribution in [0, 0.1) is 6.92 Å². The second-order valence-electron chi connectivity index (χ2n) is 4.87. The number of phenolic OH excluding ortho intramolecular Hbond substituents is 1. The molecule has 0 aliphatic carbocycles. The molecule has 22 heavy (non-hydrogen) atoms. The number of rotatable bonds is 2. The van der Waals surface area contributed by atoms with Crippen LogP contribution in [0.25, 0.3) is 0 Å². The van der Waals surface area contributed by atoms with Crippen molar-refractivity contribution in [3.63, 3.8) is 0 Å². The standard InChI is InChI=1S/C16H13ClN2O2S/c1-9-2-4-11-14(6-9)22-15(16(21)19-11)8-18-12-7-10(17)3-5-13(12)20/h2-8,18,20H,1H3,(H,19,21)/b15-8+. The lowest BCUT2D eigenvalue weighted by molar-refractivity contribution is -0.112. The van der Waals surface area contributed by atoms with Crippen LogP contribution in [-0.4, -0.2) is 11.0 Å². The molecule has 1 heterocycles. The zero-order valence-corrected chi connectivity index (χ0v) is 13.3. The van der Waals surface area contributed by atoms with Gasteiger partial charge in [0.05, 0.1) is 16.3 Å². The fourth-order valence-electron chi connectivity index (χ4n) is 2.03. The molecule has 0 fully saturated rings. The van der Waals surface area contributed by atoms with Crippen molar-refractivity contribution in [1.82, 2.24) is 0 Å². The van der Waals surface area contributed by atoms with Crippen molar-refractivity contribution in [3.05, 3.63) is 58.1 Å². The first-order chi connectivity index (χ1) is 10.5. The lowest BCUT2D eigenvalue weighted by Gasteiger charge is -2.19. The van der Waals surface area contributed by atoms with E-state index in [1.165, 1.54) is 17.8 Å². The minimum Gasteiger partial charge on any atom is -0.506 e. The van der Waals surface area contributed by atoms with Gasteiger partial charge in [-0.15, -0.1) is 0 Å². The maximum atomic E-state index is 12.1. The largest absolute Gasteiger partial charge is 0.506 e. The van der Waals surface area contributed by atoms with Crippen molar-refractivity contribution in [2.45, 2.75) is 11.8 Å². The highest BCUT2D eigenvalue weighted by molar-refractivity contribution is 8.04. The number of aryl methyl sites for hydroxylation is 1. The Morgan fingerprint density at radius 2 is 2.09 bits per heavy atom. The molecule has 4 nitrogen and oxygen atoms in total. The summed E-state index contributed by atoms with van der Waals surface area (Å²) >= 11 is 7.28. The van der Waals surface area contributed by atoms with E-state index in [2.05, 4.69) is 10.6 Å². The minimum absolute atomic E-state index is 0.0683. The molecule has 2 aromatic rings. The van der Waals surface area contributed by atoms with E-state index in [-0.39, 0.29) is 11.7 Å². The number of carbonyl (C=O) groups excluding carboxylic acids is 1. The molecule has 3 N–H and O–H groups in total. The van der Waals surface area contributed by atoms with E-state index in [9.17, 15) is 9.90 Å². The Morgan fingerprint density at radius 3 is 2.91 bits per heavy atom. The topological polar surface area (TPSA) is 61.4 Å². The summed E-state index contributed by atoms with van der Waals surface area (Å²) in [5.41, 5.74) is 2.38. The van der Waals surface area contributed by atoms with Gasteiger partial charge in [0.15, 0.2) is 0 Å². The van der Waals surface area contributed by atoms with Gasteiger partial charge in [0, 0.05) is 16.1 Å². The van der Waals surface area contributed by atoms with Crippen LogP contribution in [0.4, 0.5) is 11.4 Å². The minimum atomic E-state index is -0.185. The Bertz CT molecular complexity index is 790. The number of hydrogen-bond acceptors (Lipinski definition) is 4. The molecule has 0 radical (unpaired) electrons. The van der Waals surface area contributed by atoms with Gasteiger partial charge in [-0.25, -0.2) is 0 Å². The molecule has 1 aliphatic heterocycles. The second kappa shape index (κ2) is 5.94. The summed E-state index contributed by atoms with van der Waals surface area (Å²) in [6.07, 6.45) is 1.57. The van der Waals surface area contributed by atoms with Gasteiger partial charge in [0.2, 0.25) is 0 Å². The van der Waals surface area contributed by atoms with E-state index in [1.807, 2.05) is 25.1 Å². The number of amides is 1. The van der Waals surface area contributed by atoms with Crippen LogP contribution in [0.5, 0.6) is 5.75 Å². The zero-order valence-electron chi connectivity index (χ0n) is 11.7. The molecule has 3 rings (SSSR count). The molecule has 2 aromatic carbocycles. The number of nitrogens with one attached hydrogen (secondary N) is 2. The van der Waals surface area contributed by atoms with Crippen LogP contribution in [0.15, 0.2) is 52.4 Å². The first-order valence-electron chi connectivity index (χ1n) is 6.58. The molecule has 1 amide bonds. The highest BCUT2D eigenvalue weighted by Gasteiger charge is 2.21. The van der Waals surface area contributed by atoms with Gasteiger partial charge in [0.25, 0.3) is 5.91 Å². The smallest absolute Gasteiger partial charge is 0.263 e. The third-order valence-electron chi connectivity index (χ3n) is 3.15. The van der Waals surface area contributed by atoms with Gasteiger partial charge in [-0.2, -0.15) is 0 Å². The third kappa shape index (κ3) is 3.05. The van der Waals surface area contributed by atoms with Crippen LogP contribution in [0.3, 0.4) is 0 Å². The quantitative estimate of drug-likeness (QED) is 0.565. The number of hydrogen-bond donors (Lipinski definition) is 3. The number of carbonyl (C=O) groups is 1. The summed E-state index contributed by atoms with van der Waals surface area (Å²) in [6.45, 7) is 2.00. The van der Waals surface area contributed by atoms with Gasteiger partial charge in [-0.3, -0.25) is 4.79 Å². The van der Waals surface area contributed by atoms with Crippen molar-refractivity contribution in [2.24, 2.45) is 0 Å². The van der Waals surface area contributed by atoms with Gasteiger partial charge in [0.1, 0.15) is 5.75 Å². The number of benzene rings is 2. The summed E-state index contributed by atoms with van der Waals surface area (Å²) in [7, 11) is 0. The Kier molecular flexibility index (Phi) is 4.00. The van der Waals surface area contributed by atoms with E-state index in [1.54, 1.807) is 18.3 Å². The first kappa shape index (κ1) is 14.8.